The number of methoxy groups -OCH3 is 1. The number of carbonyl (C=O) groups is 2. The molecule has 2 rings (SSSR count). The summed E-state index contributed by atoms with van der Waals surface area (Å²) in [6.07, 6.45) is 3.94. The van der Waals surface area contributed by atoms with E-state index in [1.165, 1.54) is 5.57 Å². The van der Waals surface area contributed by atoms with Crippen LogP contribution in [0.1, 0.15) is 78.4 Å². The number of aryl methyl sites for hydroxylation is 1. The molecule has 0 saturated carbocycles. The molecule has 7 nitrogen and oxygen atoms in total. The lowest BCUT2D eigenvalue weighted by Gasteiger charge is -2.58. The lowest BCUT2D eigenvalue weighted by Crippen LogP contribution is -2.68. The summed E-state index contributed by atoms with van der Waals surface area (Å²) in [6.45, 7) is 15.6. The van der Waals surface area contributed by atoms with Crippen LogP contribution in [0, 0.1) is 6.92 Å². The lowest BCUT2D eigenvalue weighted by atomic mass is 9.56. The molecule has 34 heavy (non-hydrogen) atoms. The van der Waals surface area contributed by atoms with Crippen molar-refractivity contribution in [3.8, 4) is 5.75 Å². The van der Waals surface area contributed by atoms with Crippen molar-refractivity contribution >= 4 is 11.9 Å². The zero-order valence-corrected chi connectivity index (χ0v) is 22.3. The topological polar surface area (TPSA) is 105 Å². The molecule has 7 heteroatoms. The van der Waals surface area contributed by atoms with E-state index >= 15 is 0 Å². The van der Waals surface area contributed by atoms with Gasteiger partial charge in [0.25, 0.3) is 0 Å². The Labute approximate surface area is 205 Å². The minimum absolute atomic E-state index is 0.0404. The van der Waals surface area contributed by atoms with E-state index in [2.05, 4.69) is 30.1 Å². The Balaban J connectivity index is 0.00000281. The van der Waals surface area contributed by atoms with Gasteiger partial charge in [-0.1, -0.05) is 44.9 Å². The van der Waals surface area contributed by atoms with Gasteiger partial charge in [0.1, 0.15) is 5.75 Å². The summed E-state index contributed by atoms with van der Waals surface area (Å²) in [5, 5.41) is 14.6. The van der Waals surface area contributed by atoms with Crippen LogP contribution in [0.3, 0.4) is 0 Å². The Bertz CT molecular complexity index is 865. The van der Waals surface area contributed by atoms with E-state index in [0.29, 0.717) is 25.1 Å². The molecule has 0 aromatic heterocycles. The fourth-order valence-electron chi connectivity index (χ4n) is 5.23. The van der Waals surface area contributed by atoms with Crippen LogP contribution in [-0.4, -0.2) is 53.8 Å². The SMILES string of the molecule is CC.CCCC1(O)C(C)N(CC=C(C)C)CCC1(CC(=O)NC(N)=O)c1cc(OC)ccc1C. The molecule has 0 radical (unpaired) electrons. The number of nitrogens with two attached hydrogens (primary N) is 1. The van der Waals surface area contributed by atoms with Crippen molar-refractivity contribution in [3.63, 3.8) is 0 Å². The number of aliphatic hydroxyl groups is 1. The quantitative estimate of drug-likeness (QED) is 0.482. The van der Waals surface area contributed by atoms with Gasteiger partial charge in [-0.3, -0.25) is 15.0 Å². The van der Waals surface area contributed by atoms with Gasteiger partial charge in [0.2, 0.25) is 5.91 Å². The van der Waals surface area contributed by atoms with Crippen LogP contribution < -0.4 is 15.8 Å². The number of carbonyl (C=O) groups excluding carboxylic acids is 2. The molecule has 3 amide bonds. The highest BCUT2D eigenvalue weighted by molar-refractivity contribution is 5.94. The van der Waals surface area contributed by atoms with Crippen LogP contribution in [0.2, 0.25) is 0 Å². The number of hydrogen-bond donors (Lipinski definition) is 3. The molecule has 1 aromatic carbocycles. The van der Waals surface area contributed by atoms with Gasteiger partial charge in [0, 0.05) is 24.4 Å². The summed E-state index contributed by atoms with van der Waals surface area (Å²) in [5.41, 5.74) is 6.19. The van der Waals surface area contributed by atoms with E-state index in [-0.39, 0.29) is 12.5 Å². The molecular formula is C27H45N3O4. The van der Waals surface area contributed by atoms with Crippen LogP contribution in [-0.2, 0) is 10.2 Å². The second-order valence-electron chi connectivity index (χ2n) is 9.23. The molecule has 1 fully saturated rings. The molecule has 1 aliphatic rings. The summed E-state index contributed by atoms with van der Waals surface area (Å²) in [4.78, 5) is 26.6. The number of primary amides is 1. The third-order valence-corrected chi connectivity index (χ3v) is 6.94. The normalized spacial score (nSPS) is 24.4. The number of urea groups is 1. The Kier molecular flexibility index (Phi) is 11.3. The Morgan fingerprint density at radius 1 is 1.32 bits per heavy atom. The molecule has 3 atom stereocenters. The highest BCUT2D eigenvalue weighted by atomic mass is 16.5. The number of rotatable bonds is 8. The maximum atomic E-state index is 12.9. The molecule has 0 aliphatic carbocycles. The zero-order valence-electron chi connectivity index (χ0n) is 22.3. The van der Waals surface area contributed by atoms with E-state index in [1.54, 1.807) is 7.11 Å². The summed E-state index contributed by atoms with van der Waals surface area (Å²) in [6, 6.07) is 4.65. The number of imide groups is 1. The van der Waals surface area contributed by atoms with Crippen LogP contribution in [0.4, 0.5) is 4.79 Å². The van der Waals surface area contributed by atoms with Crippen molar-refractivity contribution in [1.82, 2.24) is 10.2 Å². The minimum atomic E-state index is -1.21. The number of likely N-dealkylation sites (tertiary alicyclic amines) is 1. The van der Waals surface area contributed by atoms with Gasteiger partial charge in [-0.25, -0.2) is 4.79 Å². The maximum Gasteiger partial charge on any atom is 0.318 e. The lowest BCUT2D eigenvalue weighted by molar-refractivity contribution is -0.149. The summed E-state index contributed by atoms with van der Waals surface area (Å²) in [7, 11) is 1.60. The molecule has 192 valence electrons. The third kappa shape index (κ3) is 6.39. The highest BCUT2D eigenvalue weighted by Crippen LogP contribution is 2.51. The summed E-state index contributed by atoms with van der Waals surface area (Å²) >= 11 is 0. The van der Waals surface area contributed by atoms with Gasteiger partial charge in [-0.2, -0.15) is 0 Å². The van der Waals surface area contributed by atoms with Crippen molar-refractivity contribution in [3.05, 3.63) is 41.0 Å². The van der Waals surface area contributed by atoms with Crippen LogP contribution in [0.15, 0.2) is 29.8 Å². The number of amides is 3. The average molecular weight is 476 g/mol. The molecule has 1 aromatic rings. The third-order valence-electron chi connectivity index (χ3n) is 6.94. The number of benzene rings is 1. The fourth-order valence-corrected chi connectivity index (χ4v) is 5.23. The number of nitrogens with zero attached hydrogens (tertiary/aromatic N) is 1. The first-order valence-corrected chi connectivity index (χ1v) is 12.3. The number of ether oxygens (including phenoxy) is 1. The van der Waals surface area contributed by atoms with Gasteiger partial charge in [-0.05, 0) is 70.3 Å². The van der Waals surface area contributed by atoms with Crippen molar-refractivity contribution in [2.45, 2.75) is 91.2 Å². The van der Waals surface area contributed by atoms with E-state index in [0.717, 1.165) is 24.1 Å². The van der Waals surface area contributed by atoms with Crippen LogP contribution >= 0.6 is 0 Å². The van der Waals surface area contributed by atoms with E-state index in [1.807, 2.05) is 52.8 Å². The smallest absolute Gasteiger partial charge is 0.318 e. The first-order valence-electron chi connectivity index (χ1n) is 12.3. The predicted octanol–water partition coefficient (Wildman–Crippen LogP) is 4.44. The molecule has 1 saturated heterocycles. The average Bonchev–Trinajstić information content (AvgIpc) is 2.78. The van der Waals surface area contributed by atoms with E-state index in [4.69, 9.17) is 10.5 Å². The molecule has 3 unspecified atom stereocenters. The number of allylic oxidation sites excluding steroid dienone is 1. The molecule has 1 heterocycles. The number of piperidine rings is 1. The van der Waals surface area contributed by atoms with Gasteiger partial charge in [-0.15, -0.1) is 0 Å². The number of nitrogens with one attached hydrogen (secondary N) is 1. The fraction of sp³-hybridized carbons (Fsp3) is 0.630. The standard InChI is InChI=1S/C25H39N3O4.C2H6/c1-7-11-25(31)19(5)28(13-10-17(2)3)14-12-24(25,16-22(29)27-23(26)30)21-15-20(32-6)9-8-18(21)4;1-2/h8-10,15,19,31H,7,11-14,16H2,1-6H3,(H3,26,27,29,30);1-2H3. The molecule has 4 N–H and O–H groups in total. The van der Waals surface area contributed by atoms with E-state index in [9.17, 15) is 14.7 Å². The highest BCUT2D eigenvalue weighted by Gasteiger charge is 2.59. The second-order valence-corrected chi connectivity index (χ2v) is 9.23. The van der Waals surface area contributed by atoms with Gasteiger partial charge in [0.15, 0.2) is 0 Å². The summed E-state index contributed by atoms with van der Waals surface area (Å²) < 4.78 is 5.48. The van der Waals surface area contributed by atoms with Crippen molar-refractivity contribution < 1.29 is 19.4 Å². The predicted molar refractivity (Wildman–Crippen MR) is 138 cm³/mol. The second kappa shape index (κ2) is 12.9. The van der Waals surface area contributed by atoms with Crippen molar-refractivity contribution in [2.24, 2.45) is 5.73 Å². The Hall–Kier alpha value is -2.38. The molecule has 0 bridgehead atoms. The van der Waals surface area contributed by atoms with Crippen molar-refractivity contribution in [1.29, 1.82) is 0 Å². The molecular weight excluding hydrogens is 430 g/mol. The molecule has 1 aliphatic heterocycles. The van der Waals surface area contributed by atoms with E-state index < -0.39 is 23.0 Å². The first kappa shape index (κ1) is 29.7. The monoisotopic (exact) mass is 475 g/mol. The largest absolute Gasteiger partial charge is 0.497 e. The van der Waals surface area contributed by atoms with Gasteiger partial charge in [0.05, 0.1) is 12.7 Å². The van der Waals surface area contributed by atoms with Crippen molar-refractivity contribution in [2.75, 3.05) is 20.2 Å². The summed E-state index contributed by atoms with van der Waals surface area (Å²) in [5.74, 6) is 0.179. The molecule has 0 spiro atoms. The number of hydrogen-bond acceptors (Lipinski definition) is 5. The van der Waals surface area contributed by atoms with Gasteiger partial charge < -0.3 is 15.6 Å². The Morgan fingerprint density at radius 3 is 2.50 bits per heavy atom. The zero-order chi connectivity index (χ0) is 26.1. The first-order chi connectivity index (χ1) is 16.0. The Morgan fingerprint density at radius 2 is 1.97 bits per heavy atom. The minimum Gasteiger partial charge on any atom is -0.497 e. The van der Waals surface area contributed by atoms with Gasteiger partial charge >= 0.3 is 6.03 Å². The maximum absolute atomic E-state index is 12.9. The van der Waals surface area contributed by atoms with Crippen LogP contribution in [0.5, 0.6) is 5.75 Å². The van der Waals surface area contributed by atoms with Crippen LogP contribution in [0.25, 0.3) is 0 Å².